The van der Waals surface area contributed by atoms with Gasteiger partial charge in [0.05, 0.1) is 25.9 Å². The molecule has 5 heteroatoms. The lowest BCUT2D eigenvalue weighted by Gasteiger charge is -2.25. The van der Waals surface area contributed by atoms with Crippen LogP contribution < -0.4 is 10.1 Å². The molecule has 1 aromatic carbocycles. The van der Waals surface area contributed by atoms with Crippen LogP contribution in [-0.2, 0) is 11.3 Å². The Kier molecular flexibility index (Phi) is 4.29. The van der Waals surface area contributed by atoms with Crippen molar-refractivity contribution in [2.45, 2.75) is 57.0 Å². The predicted octanol–water partition coefficient (Wildman–Crippen LogP) is 2.91. The maximum absolute atomic E-state index is 5.96. The Balaban J connectivity index is 1.49. The van der Waals surface area contributed by atoms with E-state index in [1.165, 1.54) is 18.4 Å². The third-order valence-corrected chi connectivity index (χ3v) is 5.27. The van der Waals surface area contributed by atoms with Gasteiger partial charge in [0.1, 0.15) is 5.75 Å². The van der Waals surface area contributed by atoms with E-state index >= 15 is 0 Å². The van der Waals surface area contributed by atoms with E-state index in [4.69, 9.17) is 9.47 Å². The van der Waals surface area contributed by atoms with Crippen molar-refractivity contribution in [1.82, 2.24) is 15.1 Å². The van der Waals surface area contributed by atoms with Gasteiger partial charge in [-0.05, 0) is 49.9 Å². The maximum Gasteiger partial charge on any atom is 0.123 e. The molecule has 24 heavy (non-hydrogen) atoms. The fourth-order valence-electron chi connectivity index (χ4n) is 3.99. The van der Waals surface area contributed by atoms with Crippen LogP contribution in [0.2, 0.25) is 0 Å². The van der Waals surface area contributed by atoms with Gasteiger partial charge in [0.25, 0.3) is 0 Å². The minimum atomic E-state index is 0.292. The van der Waals surface area contributed by atoms with Gasteiger partial charge in [-0.15, -0.1) is 0 Å². The normalized spacial score (nSPS) is 26.7. The number of aromatic nitrogens is 2. The average molecular weight is 327 g/mol. The van der Waals surface area contributed by atoms with Crippen molar-refractivity contribution in [3.8, 4) is 5.75 Å². The average Bonchev–Trinajstić information content (AvgIpc) is 3.33. The molecule has 3 heterocycles. The number of ether oxygens (including phenoxy) is 2. The Morgan fingerprint density at radius 2 is 2.33 bits per heavy atom. The van der Waals surface area contributed by atoms with Crippen LogP contribution in [0, 0.1) is 0 Å². The largest absolute Gasteiger partial charge is 0.496 e. The Bertz CT molecular complexity index is 686. The molecule has 2 bridgehead atoms. The predicted molar refractivity (Wildman–Crippen MR) is 92.2 cm³/mol. The third kappa shape index (κ3) is 3.06. The lowest BCUT2D eigenvalue weighted by Crippen LogP contribution is -2.39. The second kappa shape index (κ2) is 6.57. The first-order valence-electron chi connectivity index (χ1n) is 8.78. The fourth-order valence-corrected chi connectivity index (χ4v) is 3.99. The van der Waals surface area contributed by atoms with Gasteiger partial charge in [-0.25, -0.2) is 0 Å². The van der Waals surface area contributed by atoms with Crippen molar-refractivity contribution in [2.24, 2.45) is 0 Å². The van der Waals surface area contributed by atoms with Crippen molar-refractivity contribution in [2.75, 3.05) is 7.11 Å². The van der Waals surface area contributed by atoms with Gasteiger partial charge in [0.2, 0.25) is 0 Å². The van der Waals surface area contributed by atoms with Crippen LogP contribution in [0.1, 0.15) is 43.4 Å². The molecule has 2 saturated heterocycles. The van der Waals surface area contributed by atoms with Crippen molar-refractivity contribution in [3.05, 3.63) is 47.8 Å². The van der Waals surface area contributed by atoms with E-state index in [0.717, 1.165) is 17.7 Å². The smallest absolute Gasteiger partial charge is 0.123 e. The highest BCUT2D eigenvalue weighted by Gasteiger charge is 2.41. The minimum Gasteiger partial charge on any atom is -0.496 e. The molecule has 4 rings (SSSR count). The van der Waals surface area contributed by atoms with Crippen LogP contribution in [0.4, 0.5) is 0 Å². The monoisotopic (exact) mass is 327 g/mol. The summed E-state index contributed by atoms with van der Waals surface area (Å²) in [7, 11) is 1.72. The summed E-state index contributed by atoms with van der Waals surface area (Å²) in [6, 6.07) is 9.15. The summed E-state index contributed by atoms with van der Waals surface area (Å²) in [5, 5.41) is 8.06. The highest BCUT2D eigenvalue weighted by atomic mass is 16.5. The maximum atomic E-state index is 5.96. The molecule has 128 valence electrons. The Hall–Kier alpha value is -1.85. The molecule has 0 radical (unpaired) electrons. The van der Waals surface area contributed by atoms with Gasteiger partial charge in [-0.2, -0.15) is 5.10 Å². The number of hydrogen-bond acceptors (Lipinski definition) is 4. The zero-order valence-electron chi connectivity index (χ0n) is 14.3. The van der Waals surface area contributed by atoms with Crippen LogP contribution in [0.25, 0.3) is 0 Å². The first kappa shape index (κ1) is 15.7. The zero-order chi connectivity index (χ0) is 16.5. The topological polar surface area (TPSA) is 48.3 Å². The summed E-state index contributed by atoms with van der Waals surface area (Å²) in [4.78, 5) is 0. The molecule has 1 aromatic heterocycles. The molecule has 0 unspecified atom stereocenters. The van der Waals surface area contributed by atoms with Gasteiger partial charge < -0.3 is 14.8 Å². The van der Waals surface area contributed by atoms with Crippen LogP contribution in [0.3, 0.4) is 0 Å². The molecule has 0 saturated carbocycles. The fraction of sp³-hybridized carbons (Fsp3) is 0.526. The highest BCUT2D eigenvalue weighted by molar-refractivity contribution is 5.38. The molecule has 0 amide bonds. The molecule has 2 aliphatic rings. The lowest BCUT2D eigenvalue weighted by atomic mass is 9.94. The number of nitrogens with one attached hydrogen (secondary N) is 1. The molecule has 2 aliphatic heterocycles. The van der Waals surface area contributed by atoms with Crippen LogP contribution in [0.15, 0.2) is 36.7 Å². The summed E-state index contributed by atoms with van der Waals surface area (Å²) < 4.78 is 13.4. The molecule has 2 fully saturated rings. The molecular weight excluding hydrogens is 302 g/mol. The van der Waals surface area contributed by atoms with E-state index in [0.29, 0.717) is 30.8 Å². The van der Waals surface area contributed by atoms with Gasteiger partial charge in [0, 0.05) is 30.0 Å². The first-order chi connectivity index (χ1) is 11.7. The number of fused-ring (bicyclic) bond motifs is 2. The SMILES string of the molecule is COc1ccc([C@H](C)N[C@H]2C[C@H]3CC[C@H]2O3)cc1Cn1cccn1. The number of benzene rings is 1. The van der Waals surface area contributed by atoms with Gasteiger partial charge >= 0.3 is 0 Å². The lowest BCUT2D eigenvalue weighted by molar-refractivity contribution is 0.0962. The van der Waals surface area contributed by atoms with Gasteiger partial charge in [-0.3, -0.25) is 4.68 Å². The molecule has 1 N–H and O–H groups in total. The van der Waals surface area contributed by atoms with Crippen LogP contribution in [0.5, 0.6) is 5.75 Å². The second-order valence-electron chi connectivity index (χ2n) is 6.88. The number of methoxy groups -OCH3 is 1. The van der Waals surface area contributed by atoms with E-state index in [9.17, 15) is 0 Å². The minimum absolute atomic E-state index is 0.292. The van der Waals surface area contributed by atoms with Crippen LogP contribution in [-0.4, -0.2) is 35.1 Å². The Morgan fingerprint density at radius 3 is 3.00 bits per heavy atom. The van der Waals surface area contributed by atoms with E-state index in [1.807, 2.05) is 16.9 Å². The van der Waals surface area contributed by atoms with Crippen molar-refractivity contribution >= 4 is 0 Å². The summed E-state index contributed by atoms with van der Waals surface area (Å²) in [6.07, 6.45) is 8.22. The summed E-state index contributed by atoms with van der Waals surface area (Å²) in [5.74, 6) is 0.907. The Morgan fingerprint density at radius 1 is 1.42 bits per heavy atom. The number of rotatable bonds is 6. The number of nitrogens with zero attached hydrogens (tertiary/aromatic N) is 2. The zero-order valence-corrected chi connectivity index (χ0v) is 14.3. The van der Waals surface area contributed by atoms with Crippen molar-refractivity contribution < 1.29 is 9.47 Å². The molecule has 5 nitrogen and oxygen atoms in total. The molecule has 0 spiro atoms. The summed E-state index contributed by atoms with van der Waals surface area (Å²) in [5.41, 5.74) is 2.43. The molecule has 4 atom stereocenters. The first-order valence-corrected chi connectivity index (χ1v) is 8.78. The standard InChI is InChI=1S/C19H25N3O2/c1-13(21-17-11-16-5-7-19(17)24-16)14-4-6-18(23-2)15(10-14)12-22-9-3-8-20-22/h3-4,6,8-10,13,16-17,19,21H,5,7,11-12H2,1-2H3/t13-,16+,17-,19+/m0/s1. The van der Waals surface area contributed by atoms with E-state index < -0.39 is 0 Å². The van der Waals surface area contributed by atoms with E-state index in [1.54, 1.807) is 13.3 Å². The second-order valence-corrected chi connectivity index (χ2v) is 6.88. The summed E-state index contributed by atoms with van der Waals surface area (Å²) in [6.45, 7) is 2.94. The third-order valence-electron chi connectivity index (χ3n) is 5.27. The summed E-state index contributed by atoms with van der Waals surface area (Å²) >= 11 is 0. The molecule has 2 aromatic rings. The Labute approximate surface area is 143 Å². The highest BCUT2D eigenvalue weighted by Crippen LogP contribution is 2.35. The van der Waals surface area contributed by atoms with Gasteiger partial charge in [0.15, 0.2) is 0 Å². The number of hydrogen-bond donors (Lipinski definition) is 1. The molecule has 0 aliphatic carbocycles. The molecular formula is C19H25N3O2. The van der Waals surface area contributed by atoms with Crippen molar-refractivity contribution in [3.63, 3.8) is 0 Å². The van der Waals surface area contributed by atoms with Crippen LogP contribution >= 0.6 is 0 Å². The van der Waals surface area contributed by atoms with E-state index in [-0.39, 0.29) is 0 Å². The van der Waals surface area contributed by atoms with Gasteiger partial charge in [-0.1, -0.05) is 6.07 Å². The quantitative estimate of drug-likeness (QED) is 0.886. The van der Waals surface area contributed by atoms with Crippen molar-refractivity contribution in [1.29, 1.82) is 0 Å². The van der Waals surface area contributed by atoms with E-state index in [2.05, 4.69) is 35.5 Å².